The van der Waals surface area contributed by atoms with Gasteiger partial charge >= 0.3 is 5.97 Å². The topological polar surface area (TPSA) is 78.8 Å². The lowest BCUT2D eigenvalue weighted by molar-refractivity contribution is -0.140. The van der Waals surface area contributed by atoms with Crippen LogP contribution < -0.4 is 5.32 Å². The van der Waals surface area contributed by atoms with Gasteiger partial charge in [-0.15, -0.1) is 0 Å². The largest absolute Gasteiger partial charge is 0.480 e. The average molecular weight is 219 g/mol. The average Bonchev–Trinajstić information content (AvgIpc) is 2.15. The molecule has 1 unspecified atom stereocenters. The van der Waals surface area contributed by atoms with Crippen molar-refractivity contribution in [1.29, 1.82) is 0 Å². The summed E-state index contributed by atoms with van der Waals surface area (Å²) in [6, 6.07) is -0.511. The van der Waals surface area contributed by atoms with Crippen LogP contribution in [0.2, 0.25) is 0 Å². The number of rotatable bonds is 9. The summed E-state index contributed by atoms with van der Waals surface area (Å²) < 4.78 is 5.01. The maximum absolute atomic E-state index is 10.8. The minimum Gasteiger partial charge on any atom is -0.480 e. The second kappa shape index (κ2) is 8.64. The molecule has 0 aromatic rings. The molecule has 0 saturated heterocycles. The smallest absolute Gasteiger partial charge is 0.320 e. The highest BCUT2D eigenvalue weighted by Gasteiger charge is 2.17. The highest BCUT2D eigenvalue weighted by Crippen LogP contribution is 2.04. The summed E-state index contributed by atoms with van der Waals surface area (Å²) in [5, 5.41) is 20.2. The summed E-state index contributed by atoms with van der Waals surface area (Å²) in [5.74, 6) is -0.484. The first-order valence-corrected chi connectivity index (χ1v) is 5.22. The van der Waals surface area contributed by atoms with E-state index in [0.29, 0.717) is 32.1 Å². The van der Waals surface area contributed by atoms with Crippen molar-refractivity contribution in [2.75, 3.05) is 26.4 Å². The van der Waals surface area contributed by atoms with E-state index in [2.05, 4.69) is 5.32 Å². The number of hydrogen-bond donors (Lipinski definition) is 3. The molecule has 5 heteroatoms. The second-order valence-corrected chi connectivity index (χ2v) is 3.81. The number of carboxylic acids is 1. The third-order valence-corrected chi connectivity index (χ3v) is 1.88. The Balaban J connectivity index is 3.62. The summed E-state index contributed by atoms with van der Waals surface area (Å²) in [6.07, 6.45) is 0.606. The van der Waals surface area contributed by atoms with Gasteiger partial charge in [0.1, 0.15) is 6.04 Å². The summed E-state index contributed by atoms with van der Waals surface area (Å²) in [6.45, 7) is 5.17. The SMILES string of the molecule is CC(C)CC(NCCOCCO)C(=O)O. The van der Waals surface area contributed by atoms with Crippen LogP contribution >= 0.6 is 0 Å². The maximum Gasteiger partial charge on any atom is 0.320 e. The Kier molecular flexibility index (Phi) is 8.27. The molecule has 0 amide bonds. The summed E-state index contributed by atoms with van der Waals surface area (Å²) in [7, 11) is 0. The van der Waals surface area contributed by atoms with Crippen LogP contribution in [-0.2, 0) is 9.53 Å². The van der Waals surface area contributed by atoms with E-state index in [-0.39, 0.29) is 6.61 Å². The van der Waals surface area contributed by atoms with E-state index in [0.717, 1.165) is 0 Å². The Hall–Kier alpha value is -0.650. The van der Waals surface area contributed by atoms with E-state index in [1.807, 2.05) is 13.8 Å². The number of carboxylic acid groups (broad SMARTS) is 1. The van der Waals surface area contributed by atoms with E-state index in [1.165, 1.54) is 0 Å². The standard InChI is InChI=1S/C10H21NO4/c1-8(2)7-9(10(13)14)11-3-5-15-6-4-12/h8-9,11-12H,3-7H2,1-2H3,(H,13,14). The minimum absolute atomic E-state index is 0.00560. The quantitative estimate of drug-likeness (QED) is 0.479. The molecular formula is C10H21NO4. The zero-order valence-corrected chi connectivity index (χ0v) is 9.40. The molecule has 0 fully saturated rings. The first-order chi connectivity index (χ1) is 7.07. The zero-order valence-electron chi connectivity index (χ0n) is 9.40. The maximum atomic E-state index is 10.8. The van der Waals surface area contributed by atoms with Crippen molar-refractivity contribution in [3.8, 4) is 0 Å². The predicted octanol–water partition coefficient (Wildman–Crippen LogP) is 0.0842. The van der Waals surface area contributed by atoms with Gasteiger partial charge < -0.3 is 20.3 Å². The summed E-state index contributed by atoms with van der Waals surface area (Å²) in [5.41, 5.74) is 0. The highest BCUT2D eigenvalue weighted by atomic mass is 16.5. The van der Waals surface area contributed by atoms with Crippen LogP contribution in [0.25, 0.3) is 0 Å². The molecule has 5 nitrogen and oxygen atoms in total. The van der Waals surface area contributed by atoms with Crippen molar-refractivity contribution in [3.05, 3.63) is 0 Å². The highest BCUT2D eigenvalue weighted by molar-refractivity contribution is 5.73. The van der Waals surface area contributed by atoms with E-state index >= 15 is 0 Å². The second-order valence-electron chi connectivity index (χ2n) is 3.81. The summed E-state index contributed by atoms with van der Waals surface area (Å²) >= 11 is 0. The van der Waals surface area contributed by atoms with Gasteiger partial charge in [-0.05, 0) is 12.3 Å². The van der Waals surface area contributed by atoms with Crippen molar-refractivity contribution >= 4 is 5.97 Å². The Bertz CT molecular complexity index is 173. The molecule has 0 saturated carbocycles. The number of aliphatic hydroxyl groups excluding tert-OH is 1. The Morgan fingerprint density at radius 2 is 2.07 bits per heavy atom. The molecule has 0 heterocycles. The van der Waals surface area contributed by atoms with Gasteiger partial charge in [-0.25, -0.2) is 0 Å². The van der Waals surface area contributed by atoms with E-state index < -0.39 is 12.0 Å². The first kappa shape index (κ1) is 14.3. The molecule has 0 aliphatic carbocycles. The molecule has 0 aliphatic rings. The van der Waals surface area contributed by atoms with Gasteiger partial charge in [-0.3, -0.25) is 4.79 Å². The van der Waals surface area contributed by atoms with Crippen LogP contribution in [0.15, 0.2) is 0 Å². The fourth-order valence-corrected chi connectivity index (χ4v) is 1.21. The lowest BCUT2D eigenvalue weighted by Crippen LogP contribution is -2.39. The Labute approximate surface area is 90.4 Å². The molecule has 0 aliphatic heterocycles. The molecule has 90 valence electrons. The van der Waals surface area contributed by atoms with E-state index in [4.69, 9.17) is 14.9 Å². The van der Waals surface area contributed by atoms with E-state index in [1.54, 1.807) is 0 Å². The van der Waals surface area contributed by atoms with E-state index in [9.17, 15) is 4.79 Å². The molecule has 0 spiro atoms. The van der Waals surface area contributed by atoms with Gasteiger partial charge in [-0.1, -0.05) is 13.8 Å². The fraction of sp³-hybridized carbons (Fsp3) is 0.900. The zero-order chi connectivity index (χ0) is 11.7. The number of aliphatic carboxylic acids is 1. The van der Waals surface area contributed by atoms with Crippen LogP contribution in [0.3, 0.4) is 0 Å². The van der Waals surface area contributed by atoms with Gasteiger partial charge in [0.15, 0.2) is 0 Å². The molecule has 15 heavy (non-hydrogen) atoms. The Morgan fingerprint density at radius 1 is 1.40 bits per heavy atom. The number of hydrogen-bond acceptors (Lipinski definition) is 4. The van der Waals surface area contributed by atoms with Crippen molar-refractivity contribution in [2.45, 2.75) is 26.3 Å². The lowest BCUT2D eigenvalue weighted by Gasteiger charge is -2.16. The normalized spacial score (nSPS) is 13.1. The predicted molar refractivity (Wildman–Crippen MR) is 56.8 cm³/mol. The van der Waals surface area contributed by atoms with Crippen molar-refractivity contribution in [2.24, 2.45) is 5.92 Å². The Morgan fingerprint density at radius 3 is 2.53 bits per heavy atom. The van der Waals surface area contributed by atoms with Crippen molar-refractivity contribution in [3.63, 3.8) is 0 Å². The van der Waals surface area contributed by atoms with Crippen LogP contribution in [0, 0.1) is 5.92 Å². The number of aliphatic hydroxyl groups is 1. The lowest BCUT2D eigenvalue weighted by atomic mass is 10.0. The molecule has 3 N–H and O–H groups in total. The number of ether oxygens (including phenoxy) is 1. The number of nitrogens with one attached hydrogen (secondary N) is 1. The molecule has 0 aromatic carbocycles. The number of carbonyl (C=O) groups is 1. The molecular weight excluding hydrogens is 198 g/mol. The molecule has 0 bridgehead atoms. The van der Waals surface area contributed by atoms with Gasteiger partial charge in [-0.2, -0.15) is 0 Å². The van der Waals surface area contributed by atoms with Crippen LogP contribution in [-0.4, -0.2) is 48.6 Å². The van der Waals surface area contributed by atoms with Gasteiger partial charge in [0.25, 0.3) is 0 Å². The molecule has 0 aromatic heterocycles. The molecule has 1 atom stereocenters. The monoisotopic (exact) mass is 219 g/mol. The third kappa shape index (κ3) is 8.35. The van der Waals surface area contributed by atoms with Crippen LogP contribution in [0.4, 0.5) is 0 Å². The minimum atomic E-state index is -0.828. The van der Waals surface area contributed by atoms with Crippen LogP contribution in [0.5, 0.6) is 0 Å². The van der Waals surface area contributed by atoms with Gasteiger partial charge in [0.05, 0.1) is 19.8 Å². The van der Waals surface area contributed by atoms with Gasteiger partial charge in [0, 0.05) is 6.54 Å². The first-order valence-electron chi connectivity index (χ1n) is 5.22. The van der Waals surface area contributed by atoms with Crippen molar-refractivity contribution in [1.82, 2.24) is 5.32 Å². The summed E-state index contributed by atoms with van der Waals surface area (Å²) in [4.78, 5) is 10.8. The van der Waals surface area contributed by atoms with Crippen molar-refractivity contribution < 1.29 is 19.7 Å². The van der Waals surface area contributed by atoms with Crippen LogP contribution in [0.1, 0.15) is 20.3 Å². The van der Waals surface area contributed by atoms with Gasteiger partial charge in [0.2, 0.25) is 0 Å². The molecule has 0 rings (SSSR count). The molecule has 0 radical (unpaired) electrons. The fourth-order valence-electron chi connectivity index (χ4n) is 1.21. The third-order valence-electron chi connectivity index (χ3n) is 1.88.